The monoisotopic (exact) mass is 680 g/mol. The molecular weight excluding hydrogens is 652 g/mol. The van der Waals surface area contributed by atoms with Crippen LogP contribution in [0.15, 0.2) is 30.6 Å². The van der Waals surface area contributed by atoms with E-state index in [0.29, 0.717) is 50.0 Å². The summed E-state index contributed by atoms with van der Waals surface area (Å²) in [6.07, 6.45) is 1.28. The Kier molecular flexibility index (Phi) is 11.6. The average molecular weight is 682 g/mol. The van der Waals surface area contributed by atoms with Crippen molar-refractivity contribution in [2.75, 3.05) is 29.9 Å². The lowest BCUT2D eigenvalue weighted by molar-refractivity contribution is -0.142. The number of piperidine rings is 1. The molecule has 1 amide bonds. The molecule has 2 N–H and O–H groups in total. The molecule has 3 aromatic rings. The number of rotatable bonds is 7. The minimum atomic E-state index is -4.58. The van der Waals surface area contributed by atoms with Crippen LogP contribution in [0.3, 0.4) is 0 Å². The van der Waals surface area contributed by atoms with E-state index in [4.69, 9.17) is 11.6 Å². The summed E-state index contributed by atoms with van der Waals surface area (Å²) < 4.78 is 40.6. The number of benzene rings is 1. The smallest absolute Gasteiger partial charge is 0.416 e. The van der Waals surface area contributed by atoms with Gasteiger partial charge in [0.05, 0.1) is 29.6 Å². The molecule has 0 aliphatic carbocycles. The third-order valence-electron chi connectivity index (χ3n) is 7.49. The molecule has 0 saturated carbocycles. The first kappa shape index (κ1) is 34.8. The molecule has 2 aromatic heterocycles. The zero-order valence-electron chi connectivity index (χ0n) is 22.9. The number of halogens is 6. The van der Waals surface area contributed by atoms with Gasteiger partial charge in [-0.3, -0.25) is 19.8 Å². The summed E-state index contributed by atoms with van der Waals surface area (Å²) in [5, 5.41) is 12.1. The van der Waals surface area contributed by atoms with Crippen LogP contribution < -0.4 is 10.2 Å². The van der Waals surface area contributed by atoms with Crippen molar-refractivity contribution in [2.45, 2.75) is 51.4 Å². The van der Waals surface area contributed by atoms with Crippen LogP contribution in [0.1, 0.15) is 53.5 Å². The maximum Gasteiger partial charge on any atom is 0.416 e. The normalized spacial score (nSPS) is 17.7. The highest BCUT2D eigenvalue weighted by molar-refractivity contribution is 7.16. The van der Waals surface area contributed by atoms with Crippen LogP contribution in [0.5, 0.6) is 0 Å². The fourth-order valence-electron chi connectivity index (χ4n) is 5.16. The maximum atomic E-state index is 13.5. The summed E-state index contributed by atoms with van der Waals surface area (Å²) in [6, 6.07) is 3.65. The van der Waals surface area contributed by atoms with E-state index in [1.54, 1.807) is 0 Å². The second kappa shape index (κ2) is 14.4. The van der Waals surface area contributed by atoms with E-state index < -0.39 is 23.6 Å². The molecule has 16 heteroatoms. The Morgan fingerprint density at radius 1 is 1.09 bits per heavy atom. The molecule has 0 bridgehead atoms. The van der Waals surface area contributed by atoms with E-state index in [9.17, 15) is 27.9 Å². The van der Waals surface area contributed by atoms with Gasteiger partial charge in [0.2, 0.25) is 0 Å². The van der Waals surface area contributed by atoms with E-state index in [0.717, 1.165) is 36.4 Å². The first-order valence-corrected chi connectivity index (χ1v) is 14.4. The number of nitrogens with zero attached hydrogens (tertiary/aromatic N) is 5. The van der Waals surface area contributed by atoms with Crippen molar-refractivity contribution in [3.8, 4) is 11.3 Å². The summed E-state index contributed by atoms with van der Waals surface area (Å²) in [4.78, 5) is 42.2. The van der Waals surface area contributed by atoms with Gasteiger partial charge in [0.15, 0.2) is 5.13 Å². The van der Waals surface area contributed by atoms with Gasteiger partial charge in [-0.25, -0.2) is 15.0 Å². The zero-order valence-corrected chi connectivity index (χ0v) is 26.1. The van der Waals surface area contributed by atoms with Gasteiger partial charge in [0, 0.05) is 41.1 Å². The third-order valence-corrected chi connectivity index (χ3v) is 8.67. The first-order chi connectivity index (χ1) is 19.5. The number of nitrogens with one attached hydrogen (secondary N) is 1. The number of carbonyl (C=O) groups is 2. The molecule has 2 fully saturated rings. The number of alkyl halides is 3. The predicted octanol–water partition coefficient (Wildman–Crippen LogP) is 6.65. The van der Waals surface area contributed by atoms with Gasteiger partial charge in [0.25, 0.3) is 5.91 Å². The summed E-state index contributed by atoms with van der Waals surface area (Å²) >= 11 is 7.26. The third kappa shape index (κ3) is 8.27. The number of amides is 1. The molecule has 9 nitrogen and oxygen atoms in total. The van der Waals surface area contributed by atoms with E-state index in [1.807, 2.05) is 4.90 Å². The minimum absolute atomic E-state index is 0. The van der Waals surface area contributed by atoms with Crippen molar-refractivity contribution in [1.29, 1.82) is 0 Å². The molecule has 4 heterocycles. The van der Waals surface area contributed by atoms with Gasteiger partial charge >= 0.3 is 12.1 Å². The molecule has 234 valence electrons. The minimum Gasteiger partial charge on any atom is -0.481 e. The number of carbonyl (C=O) groups excluding carboxylic acids is 1. The number of hydrogen-bond donors (Lipinski definition) is 2. The quantitative estimate of drug-likeness (QED) is 0.285. The highest BCUT2D eigenvalue weighted by Gasteiger charge is 2.32. The molecule has 2 aliphatic rings. The maximum absolute atomic E-state index is 13.5. The Labute approximate surface area is 267 Å². The molecular formula is C27H30Cl3F3N6O3S. The standard InChI is InChI=1S/C27H28ClF3N6O3S.2ClH/c1-15-3-2-6-37(15)14-21-23(17-9-18(27(29,30)31)11-19(28)10-17)34-26(41-21)35-24(38)20-12-33-22(13-32-20)36-7-4-16(5-8-36)25(39)40;;/h9-13,15-16H,2-8,14H2,1H3,(H,39,40)(H,34,35,38);2*1H/t15-;;/m1../s1. The molecule has 0 unspecified atom stereocenters. The second-order valence-electron chi connectivity index (χ2n) is 10.3. The number of carboxylic acid groups (broad SMARTS) is 1. The van der Waals surface area contributed by atoms with Crippen molar-refractivity contribution < 1.29 is 27.9 Å². The molecule has 1 aromatic carbocycles. The van der Waals surface area contributed by atoms with Gasteiger partial charge in [-0.05, 0) is 57.4 Å². The van der Waals surface area contributed by atoms with E-state index in [2.05, 4.69) is 32.1 Å². The van der Waals surface area contributed by atoms with Crippen molar-refractivity contribution >= 4 is 70.6 Å². The molecule has 0 radical (unpaired) electrons. The Morgan fingerprint density at radius 2 is 1.81 bits per heavy atom. The van der Waals surface area contributed by atoms with Gasteiger partial charge in [-0.15, -0.1) is 24.8 Å². The number of hydrogen-bond acceptors (Lipinski definition) is 8. The van der Waals surface area contributed by atoms with Crippen LogP contribution in [0.2, 0.25) is 5.02 Å². The van der Waals surface area contributed by atoms with Crippen LogP contribution in [-0.4, -0.2) is 62.5 Å². The van der Waals surface area contributed by atoms with Gasteiger partial charge in [-0.1, -0.05) is 22.9 Å². The van der Waals surface area contributed by atoms with Crippen LogP contribution in [0, 0.1) is 5.92 Å². The molecule has 1 atom stereocenters. The van der Waals surface area contributed by atoms with E-state index >= 15 is 0 Å². The average Bonchev–Trinajstić information content (AvgIpc) is 3.53. The Hall–Kier alpha value is -2.71. The number of anilines is 2. The summed E-state index contributed by atoms with van der Waals surface area (Å²) in [7, 11) is 0. The van der Waals surface area contributed by atoms with Crippen molar-refractivity contribution in [3.63, 3.8) is 0 Å². The topological polar surface area (TPSA) is 112 Å². The summed E-state index contributed by atoms with van der Waals surface area (Å²) in [5.74, 6) is -1.19. The van der Waals surface area contributed by atoms with Crippen LogP contribution >= 0.6 is 47.8 Å². The van der Waals surface area contributed by atoms with Crippen molar-refractivity contribution in [2.24, 2.45) is 5.92 Å². The van der Waals surface area contributed by atoms with Crippen molar-refractivity contribution in [3.05, 3.63) is 51.7 Å². The molecule has 2 aliphatic heterocycles. The number of likely N-dealkylation sites (tertiary alicyclic amines) is 1. The van der Waals surface area contributed by atoms with Gasteiger partial charge < -0.3 is 10.0 Å². The van der Waals surface area contributed by atoms with E-state index in [-0.39, 0.29) is 52.1 Å². The lowest BCUT2D eigenvalue weighted by atomic mass is 9.97. The van der Waals surface area contributed by atoms with Gasteiger partial charge in [0.1, 0.15) is 11.5 Å². The Balaban J connectivity index is 0.00000253. The number of carboxylic acids is 1. The number of aromatic nitrogens is 3. The highest BCUT2D eigenvalue weighted by Crippen LogP contribution is 2.39. The molecule has 43 heavy (non-hydrogen) atoms. The lowest BCUT2D eigenvalue weighted by Gasteiger charge is -2.30. The van der Waals surface area contributed by atoms with Crippen LogP contribution in [0.4, 0.5) is 24.1 Å². The van der Waals surface area contributed by atoms with Crippen LogP contribution in [0.25, 0.3) is 11.3 Å². The largest absolute Gasteiger partial charge is 0.481 e. The zero-order chi connectivity index (χ0) is 29.3. The summed E-state index contributed by atoms with van der Waals surface area (Å²) in [6.45, 7) is 4.49. The molecule has 2 saturated heterocycles. The predicted molar refractivity (Wildman–Crippen MR) is 164 cm³/mol. The Bertz CT molecular complexity index is 1440. The fourth-order valence-corrected chi connectivity index (χ4v) is 6.40. The van der Waals surface area contributed by atoms with Crippen molar-refractivity contribution in [1.82, 2.24) is 19.9 Å². The molecule has 0 spiro atoms. The lowest BCUT2D eigenvalue weighted by Crippen LogP contribution is -2.36. The summed E-state index contributed by atoms with van der Waals surface area (Å²) in [5.41, 5.74) is -0.271. The number of aliphatic carboxylic acids is 1. The fraction of sp³-hybridized carbons (Fsp3) is 0.444. The highest BCUT2D eigenvalue weighted by atomic mass is 35.5. The van der Waals surface area contributed by atoms with Crippen LogP contribution in [-0.2, 0) is 17.5 Å². The molecule has 5 rings (SSSR count). The second-order valence-corrected chi connectivity index (χ2v) is 11.8. The number of thiazole rings is 1. The van der Waals surface area contributed by atoms with E-state index in [1.165, 1.54) is 29.8 Å². The SMILES string of the molecule is C[C@@H]1CCCN1Cc1sc(NC(=O)c2cnc(N3CCC(C(=O)O)CC3)cn2)nc1-c1cc(Cl)cc(C(F)(F)F)c1.Cl.Cl. The van der Waals surface area contributed by atoms with Gasteiger partial charge in [-0.2, -0.15) is 13.2 Å². The Morgan fingerprint density at radius 3 is 2.40 bits per heavy atom. The first-order valence-electron chi connectivity index (χ1n) is 13.2.